The van der Waals surface area contributed by atoms with E-state index in [1.54, 1.807) is 31.3 Å². The minimum Gasteiger partial charge on any atom is -0.359 e. The minimum absolute atomic E-state index is 0.0946. The van der Waals surface area contributed by atoms with Gasteiger partial charge in [0.2, 0.25) is 5.91 Å². The van der Waals surface area contributed by atoms with Crippen molar-refractivity contribution in [2.75, 3.05) is 13.6 Å². The summed E-state index contributed by atoms with van der Waals surface area (Å²) in [6.07, 6.45) is 0.280. The normalized spacial score (nSPS) is 9.76. The van der Waals surface area contributed by atoms with Crippen molar-refractivity contribution in [2.45, 2.75) is 12.3 Å². The minimum atomic E-state index is -0.185. The number of carbonyl (C=O) groups is 2. The SMILES string of the molecule is CNC(=O)CCNC(=O)c1ccc(CCl)cc1. The molecule has 1 aromatic carbocycles. The van der Waals surface area contributed by atoms with E-state index in [9.17, 15) is 9.59 Å². The molecule has 0 aliphatic rings. The van der Waals surface area contributed by atoms with E-state index in [2.05, 4.69) is 10.6 Å². The molecule has 0 bridgehead atoms. The summed E-state index contributed by atoms with van der Waals surface area (Å²) in [6, 6.07) is 7.04. The molecule has 0 saturated heterocycles. The second kappa shape index (κ2) is 6.91. The largest absolute Gasteiger partial charge is 0.359 e. The number of carbonyl (C=O) groups excluding carboxylic acids is 2. The lowest BCUT2D eigenvalue weighted by atomic mass is 10.1. The molecule has 92 valence electrons. The Balaban J connectivity index is 2.44. The fraction of sp³-hybridized carbons (Fsp3) is 0.333. The van der Waals surface area contributed by atoms with Crippen LogP contribution in [0.1, 0.15) is 22.3 Å². The zero-order valence-electron chi connectivity index (χ0n) is 9.63. The lowest BCUT2D eigenvalue weighted by molar-refractivity contribution is -0.120. The number of amides is 2. The van der Waals surface area contributed by atoms with Gasteiger partial charge in [0.05, 0.1) is 0 Å². The molecule has 4 nitrogen and oxygen atoms in total. The smallest absolute Gasteiger partial charge is 0.251 e. The molecule has 0 aliphatic heterocycles. The van der Waals surface area contributed by atoms with Crippen molar-refractivity contribution >= 4 is 23.4 Å². The maximum absolute atomic E-state index is 11.6. The van der Waals surface area contributed by atoms with Gasteiger partial charge < -0.3 is 10.6 Å². The molecular weight excluding hydrogens is 240 g/mol. The van der Waals surface area contributed by atoms with E-state index in [4.69, 9.17) is 11.6 Å². The van der Waals surface area contributed by atoms with Crippen LogP contribution >= 0.6 is 11.6 Å². The first-order valence-electron chi connectivity index (χ1n) is 5.31. The van der Waals surface area contributed by atoms with Gasteiger partial charge in [-0.25, -0.2) is 0 Å². The predicted octanol–water partition coefficient (Wildman–Crippen LogP) is 1.29. The first-order valence-corrected chi connectivity index (χ1v) is 5.84. The number of benzene rings is 1. The van der Waals surface area contributed by atoms with Crippen molar-refractivity contribution in [3.63, 3.8) is 0 Å². The Morgan fingerprint density at radius 1 is 1.24 bits per heavy atom. The number of nitrogens with one attached hydrogen (secondary N) is 2. The lowest BCUT2D eigenvalue weighted by Gasteiger charge is -2.05. The van der Waals surface area contributed by atoms with Gasteiger partial charge in [-0.2, -0.15) is 0 Å². The fourth-order valence-corrected chi connectivity index (χ4v) is 1.44. The van der Waals surface area contributed by atoms with Gasteiger partial charge in [-0.15, -0.1) is 11.6 Å². The molecule has 2 amide bonds. The van der Waals surface area contributed by atoms with Crippen LogP contribution in [0.2, 0.25) is 0 Å². The molecule has 0 aromatic heterocycles. The lowest BCUT2D eigenvalue weighted by Crippen LogP contribution is -2.29. The third-order valence-corrected chi connectivity index (χ3v) is 2.60. The second-order valence-corrected chi connectivity index (χ2v) is 3.78. The van der Waals surface area contributed by atoms with Crippen LogP contribution in [-0.2, 0) is 10.7 Å². The van der Waals surface area contributed by atoms with Crippen molar-refractivity contribution in [2.24, 2.45) is 0 Å². The third kappa shape index (κ3) is 4.44. The van der Waals surface area contributed by atoms with Gasteiger partial charge in [-0.3, -0.25) is 9.59 Å². The zero-order valence-corrected chi connectivity index (χ0v) is 10.4. The third-order valence-electron chi connectivity index (χ3n) is 2.29. The van der Waals surface area contributed by atoms with E-state index in [1.165, 1.54) is 0 Å². The quantitative estimate of drug-likeness (QED) is 0.778. The molecule has 1 aromatic rings. The molecule has 5 heteroatoms. The molecule has 0 saturated carbocycles. The van der Waals surface area contributed by atoms with E-state index >= 15 is 0 Å². The summed E-state index contributed by atoms with van der Waals surface area (Å²) in [7, 11) is 1.56. The Kier molecular flexibility index (Phi) is 5.49. The van der Waals surface area contributed by atoms with Crippen LogP contribution in [0.5, 0.6) is 0 Å². The van der Waals surface area contributed by atoms with Crippen LogP contribution < -0.4 is 10.6 Å². The molecule has 17 heavy (non-hydrogen) atoms. The number of rotatable bonds is 5. The van der Waals surface area contributed by atoms with Crippen molar-refractivity contribution in [1.82, 2.24) is 10.6 Å². The van der Waals surface area contributed by atoms with Gasteiger partial charge in [-0.05, 0) is 17.7 Å². The van der Waals surface area contributed by atoms with E-state index in [1.807, 2.05) is 0 Å². The molecule has 0 aliphatic carbocycles. The summed E-state index contributed by atoms with van der Waals surface area (Å²) in [6.45, 7) is 0.329. The summed E-state index contributed by atoms with van der Waals surface area (Å²) in [5, 5.41) is 5.16. The molecule has 0 radical (unpaired) electrons. The second-order valence-electron chi connectivity index (χ2n) is 3.51. The van der Waals surface area contributed by atoms with Crippen molar-refractivity contribution in [1.29, 1.82) is 0 Å². The number of hydrogen-bond acceptors (Lipinski definition) is 2. The van der Waals surface area contributed by atoms with E-state index in [0.717, 1.165) is 5.56 Å². The highest BCUT2D eigenvalue weighted by molar-refractivity contribution is 6.17. The van der Waals surface area contributed by atoms with Crippen LogP contribution in [0.4, 0.5) is 0 Å². The average molecular weight is 255 g/mol. The van der Waals surface area contributed by atoms with Crippen molar-refractivity contribution < 1.29 is 9.59 Å². The Bertz CT molecular complexity index is 390. The molecule has 0 unspecified atom stereocenters. The van der Waals surface area contributed by atoms with E-state index in [0.29, 0.717) is 18.0 Å². The maximum Gasteiger partial charge on any atom is 0.251 e. The highest BCUT2D eigenvalue weighted by Gasteiger charge is 2.05. The van der Waals surface area contributed by atoms with Gasteiger partial charge in [-0.1, -0.05) is 12.1 Å². The standard InChI is InChI=1S/C12H15ClN2O2/c1-14-11(16)6-7-15-12(17)10-4-2-9(8-13)3-5-10/h2-5H,6-8H2,1H3,(H,14,16)(H,15,17). The predicted molar refractivity (Wildman–Crippen MR) is 67.0 cm³/mol. The molecule has 0 fully saturated rings. The summed E-state index contributed by atoms with van der Waals surface area (Å²) in [4.78, 5) is 22.6. The number of hydrogen-bond donors (Lipinski definition) is 2. The Morgan fingerprint density at radius 3 is 2.41 bits per heavy atom. The summed E-state index contributed by atoms with van der Waals surface area (Å²) < 4.78 is 0. The molecular formula is C12H15ClN2O2. The molecule has 2 N–H and O–H groups in total. The first-order chi connectivity index (χ1) is 8.17. The maximum atomic E-state index is 11.6. The Hall–Kier alpha value is -1.55. The Labute approximate surface area is 105 Å². The van der Waals surface area contributed by atoms with Crippen LogP contribution in [-0.4, -0.2) is 25.4 Å². The average Bonchev–Trinajstić information content (AvgIpc) is 2.38. The van der Waals surface area contributed by atoms with Crippen LogP contribution in [0.15, 0.2) is 24.3 Å². The monoisotopic (exact) mass is 254 g/mol. The first kappa shape index (κ1) is 13.5. The fourth-order valence-electron chi connectivity index (χ4n) is 1.26. The van der Waals surface area contributed by atoms with Gasteiger partial charge in [0.15, 0.2) is 0 Å². The van der Waals surface area contributed by atoms with Gasteiger partial charge >= 0.3 is 0 Å². The summed E-state index contributed by atoms with van der Waals surface area (Å²) >= 11 is 5.65. The van der Waals surface area contributed by atoms with E-state index < -0.39 is 0 Å². The van der Waals surface area contributed by atoms with Crippen LogP contribution in [0, 0.1) is 0 Å². The van der Waals surface area contributed by atoms with Crippen molar-refractivity contribution in [3.8, 4) is 0 Å². The number of halogens is 1. The van der Waals surface area contributed by atoms with Gasteiger partial charge in [0.1, 0.15) is 0 Å². The highest BCUT2D eigenvalue weighted by atomic mass is 35.5. The molecule has 0 spiro atoms. The highest BCUT2D eigenvalue weighted by Crippen LogP contribution is 2.06. The topological polar surface area (TPSA) is 58.2 Å². The van der Waals surface area contributed by atoms with Gasteiger partial charge in [0, 0.05) is 31.5 Å². The molecule has 0 heterocycles. The van der Waals surface area contributed by atoms with Crippen LogP contribution in [0.25, 0.3) is 0 Å². The summed E-state index contributed by atoms with van der Waals surface area (Å²) in [5.41, 5.74) is 1.53. The molecule has 0 atom stereocenters. The number of alkyl halides is 1. The summed E-state index contributed by atoms with van der Waals surface area (Å²) in [5.74, 6) is 0.149. The van der Waals surface area contributed by atoms with Crippen LogP contribution in [0.3, 0.4) is 0 Å². The van der Waals surface area contributed by atoms with Crippen molar-refractivity contribution in [3.05, 3.63) is 35.4 Å². The molecule has 1 rings (SSSR count). The van der Waals surface area contributed by atoms with E-state index in [-0.39, 0.29) is 18.2 Å². The zero-order chi connectivity index (χ0) is 12.7. The van der Waals surface area contributed by atoms with Gasteiger partial charge in [0.25, 0.3) is 5.91 Å². The Morgan fingerprint density at radius 2 is 1.88 bits per heavy atom.